The average molecular weight is 209 g/mol. The van der Waals surface area contributed by atoms with Crippen molar-refractivity contribution in [1.29, 1.82) is 0 Å². The minimum Gasteiger partial charge on any atom is -0.404 e. The maximum absolute atomic E-state index is 12.2. The van der Waals surface area contributed by atoms with Crippen LogP contribution >= 0.6 is 0 Å². The Morgan fingerprint density at radius 2 is 2.07 bits per heavy atom. The molecule has 6 heteroatoms. The Labute approximate surface area is 77.5 Å². The van der Waals surface area contributed by atoms with Crippen molar-refractivity contribution in [2.75, 3.05) is 0 Å². The molecule has 0 radical (unpaired) electrons. The number of hydrogen-bond donors (Lipinski definition) is 0. The molecule has 1 aromatic heterocycles. The van der Waals surface area contributed by atoms with Gasteiger partial charge in [-0.15, -0.1) is 13.2 Å². The first-order chi connectivity index (χ1) is 6.42. The highest BCUT2D eigenvalue weighted by Gasteiger charge is 2.32. The van der Waals surface area contributed by atoms with Gasteiger partial charge in [0.05, 0.1) is 0 Å². The highest BCUT2D eigenvalue weighted by Crippen LogP contribution is 2.26. The van der Waals surface area contributed by atoms with Crippen LogP contribution in [0.1, 0.15) is 11.3 Å². The van der Waals surface area contributed by atoms with Crippen LogP contribution in [0.3, 0.4) is 0 Å². The molecule has 1 rings (SSSR count). The Kier molecular flexibility index (Phi) is 2.93. The predicted molar refractivity (Wildman–Crippen MR) is 40.5 cm³/mol. The zero-order chi connectivity index (χ0) is 10.8. The van der Waals surface area contributed by atoms with Gasteiger partial charge in [0.2, 0.25) is 0 Å². The van der Waals surface area contributed by atoms with Crippen molar-refractivity contribution in [2.45, 2.75) is 20.0 Å². The highest BCUT2D eigenvalue weighted by molar-refractivity contribution is 5.30. The molecule has 0 fully saturated rings. The van der Waals surface area contributed by atoms with Crippen LogP contribution in [-0.4, -0.2) is 11.3 Å². The zero-order valence-electron chi connectivity index (χ0n) is 7.23. The number of alkyl halides is 4. The van der Waals surface area contributed by atoms with Crippen LogP contribution < -0.4 is 4.74 Å². The smallest absolute Gasteiger partial charge is 0.404 e. The van der Waals surface area contributed by atoms with Crippen molar-refractivity contribution < 1.29 is 22.3 Å². The van der Waals surface area contributed by atoms with Crippen LogP contribution in [0.25, 0.3) is 0 Å². The maximum atomic E-state index is 12.2. The molecular weight excluding hydrogens is 202 g/mol. The summed E-state index contributed by atoms with van der Waals surface area (Å²) in [6.07, 6.45) is -3.54. The van der Waals surface area contributed by atoms with Gasteiger partial charge in [-0.25, -0.2) is 4.39 Å². The molecule has 0 atom stereocenters. The average Bonchev–Trinajstić information content (AvgIpc) is 2.01. The SMILES string of the molecule is Cc1cnc(CF)c(OC(F)(F)F)c1. The number of ether oxygens (including phenoxy) is 1. The molecule has 2 nitrogen and oxygen atoms in total. The Morgan fingerprint density at radius 1 is 1.43 bits per heavy atom. The standard InChI is InChI=1S/C8H7F4NO/c1-5-2-7(14-8(10,11)12)6(3-9)13-4-5/h2,4H,3H2,1H3. The van der Waals surface area contributed by atoms with E-state index in [2.05, 4.69) is 9.72 Å². The molecule has 0 spiro atoms. The van der Waals surface area contributed by atoms with Crippen LogP contribution in [-0.2, 0) is 6.67 Å². The molecule has 0 N–H and O–H groups in total. The number of aryl methyl sites for hydroxylation is 1. The number of aromatic nitrogens is 1. The van der Waals surface area contributed by atoms with Crippen molar-refractivity contribution in [3.63, 3.8) is 0 Å². The predicted octanol–water partition coefficient (Wildman–Crippen LogP) is 2.76. The summed E-state index contributed by atoms with van der Waals surface area (Å²) >= 11 is 0. The third-order valence-electron chi connectivity index (χ3n) is 1.42. The molecule has 0 aliphatic rings. The van der Waals surface area contributed by atoms with Gasteiger partial charge in [0.25, 0.3) is 0 Å². The maximum Gasteiger partial charge on any atom is 0.573 e. The molecule has 0 aromatic carbocycles. The molecule has 0 aliphatic heterocycles. The van der Waals surface area contributed by atoms with Crippen LogP contribution in [0.15, 0.2) is 12.3 Å². The second kappa shape index (κ2) is 3.81. The van der Waals surface area contributed by atoms with E-state index in [-0.39, 0.29) is 5.69 Å². The molecule has 0 aliphatic carbocycles. The quantitative estimate of drug-likeness (QED) is 0.698. The molecule has 0 bridgehead atoms. The van der Waals surface area contributed by atoms with Gasteiger partial charge in [0, 0.05) is 6.20 Å². The summed E-state index contributed by atoms with van der Waals surface area (Å²) < 4.78 is 51.2. The first-order valence-electron chi connectivity index (χ1n) is 3.69. The summed E-state index contributed by atoms with van der Waals surface area (Å²) in [4.78, 5) is 3.48. The van der Waals surface area contributed by atoms with E-state index in [1.165, 1.54) is 13.1 Å². The van der Waals surface area contributed by atoms with Gasteiger partial charge in [-0.05, 0) is 18.6 Å². The lowest BCUT2D eigenvalue weighted by Crippen LogP contribution is -2.18. The minimum absolute atomic E-state index is 0.354. The third-order valence-corrected chi connectivity index (χ3v) is 1.42. The first kappa shape index (κ1) is 10.7. The molecule has 14 heavy (non-hydrogen) atoms. The summed E-state index contributed by atoms with van der Waals surface area (Å²) in [6, 6.07) is 1.09. The van der Waals surface area contributed by atoms with Crippen LogP contribution in [0, 0.1) is 6.92 Å². The number of nitrogens with zero attached hydrogens (tertiary/aromatic N) is 1. The second-order valence-electron chi connectivity index (χ2n) is 2.64. The fourth-order valence-corrected chi connectivity index (χ4v) is 0.884. The van der Waals surface area contributed by atoms with E-state index in [0.29, 0.717) is 5.56 Å². The van der Waals surface area contributed by atoms with Gasteiger partial charge in [-0.3, -0.25) is 4.98 Å². The van der Waals surface area contributed by atoms with Crippen LogP contribution in [0.4, 0.5) is 17.6 Å². The van der Waals surface area contributed by atoms with Crippen molar-refractivity contribution in [3.8, 4) is 5.75 Å². The zero-order valence-corrected chi connectivity index (χ0v) is 7.23. The van der Waals surface area contributed by atoms with Crippen LogP contribution in [0.2, 0.25) is 0 Å². The molecular formula is C8H7F4NO. The lowest BCUT2D eigenvalue weighted by molar-refractivity contribution is -0.275. The molecule has 1 heterocycles. The fraction of sp³-hybridized carbons (Fsp3) is 0.375. The van der Waals surface area contributed by atoms with Gasteiger partial charge in [-0.1, -0.05) is 0 Å². The Bertz CT molecular complexity index is 324. The number of pyridine rings is 1. The number of hydrogen-bond acceptors (Lipinski definition) is 2. The van der Waals surface area contributed by atoms with Crippen molar-refractivity contribution in [3.05, 3.63) is 23.5 Å². The largest absolute Gasteiger partial charge is 0.573 e. The lowest BCUT2D eigenvalue weighted by atomic mass is 10.2. The Morgan fingerprint density at radius 3 is 2.57 bits per heavy atom. The van der Waals surface area contributed by atoms with E-state index in [1.807, 2.05) is 0 Å². The topological polar surface area (TPSA) is 22.1 Å². The molecule has 0 amide bonds. The summed E-state index contributed by atoms with van der Waals surface area (Å²) in [5.41, 5.74) is 0.120. The van der Waals surface area contributed by atoms with Crippen molar-refractivity contribution in [1.82, 2.24) is 4.98 Å². The normalized spacial score (nSPS) is 11.5. The van der Waals surface area contributed by atoms with E-state index >= 15 is 0 Å². The molecule has 0 unspecified atom stereocenters. The van der Waals surface area contributed by atoms with Gasteiger partial charge in [-0.2, -0.15) is 0 Å². The fourth-order valence-electron chi connectivity index (χ4n) is 0.884. The second-order valence-corrected chi connectivity index (χ2v) is 2.64. The van der Waals surface area contributed by atoms with Crippen LogP contribution in [0.5, 0.6) is 5.75 Å². The first-order valence-corrected chi connectivity index (χ1v) is 3.69. The van der Waals surface area contributed by atoms with E-state index in [4.69, 9.17) is 0 Å². The summed E-state index contributed by atoms with van der Waals surface area (Å²) in [7, 11) is 0. The van der Waals surface area contributed by atoms with Gasteiger partial charge < -0.3 is 4.74 Å². The molecule has 0 saturated carbocycles. The third kappa shape index (κ3) is 2.86. The Hall–Kier alpha value is -1.33. The monoisotopic (exact) mass is 209 g/mol. The van der Waals surface area contributed by atoms with E-state index in [9.17, 15) is 17.6 Å². The summed E-state index contributed by atoms with van der Waals surface area (Å²) in [6.45, 7) is 0.448. The van der Waals surface area contributed by atoms with Gasteiger partial charge >= 0.3 is 6.36 Å². The van der Waals surface area contributed by atoms with E-state index in [0.717, 1.165) is 6.07 Å². The number of rotatable bonds is 2. The highest BCUT2D eigenvalue weighted by atomic mass is 19.4. The van der Waals surface area contributed by atoms with E-state index in [1.54, 1.807) is 0 Å². The van der Waals surface area contributed by atoms with E-state index < -0.39 is 18.8 Å². The molecule has 0 saturated heterocycles. The lowest BCUT2D eigenvalue weighted by Gasteiger charge is -2.11. The van der Waals surface area contributed by atoms with Gasteiger partial charge in [0.1, 0.15) is 12.4 Å². The minimum atomic E-state index is -4.82. The number of halogens is 4. The van der Waals surface area contributed by atoms with Gasteiger partial charge in [0.15, 0.2) is 5.75 Å². The Balaban J connectivity index is 2.99. The summed E-state index contributed by atoms with van der Waals surface area (Å²) in [5.74, 6) is -0.583. The molecule has 78 valence electrons. The van der Waals surface area contributed by atoms with Crippen molar-refractivity contribution >= 4 is 0 Å². The van der Waals surface area contributed by atoms with Crippen molar-refractivity contribution in [2.24, 2.45) is 0 Å². The summed E-state index contributed by atoms with van der Waals surface area (Å²) in [5, 5.41) is 0. The molecule has 1 aromatic rings.